The smallest absolute Gasteiger partial charge is 0.317 e. The number of urea groups is 1. The van der Waals surface area contributed by atoms with Crippen molar-refractivity contribution in [2.75, 3.05) is 13.1 Å². The van der Waals surface area contributed by atoms with Crippen molar-refractivity contribution in [2.24, 2.45) is 0 Å². The molecule has 1 aliphatic heterocycles. The van der Waals surface area contributed by atoms with Crippen molar-refractivity contribution in [3.63, 3.8) is 0 Å². The maximum atomic E-state index is 12.5. The Morgan fingerprint density at radius 1 is 0.920 bits per heavy atom. The van der Waals surface area contributed by atoms with Gasteiger partial charge in [-0.2, -0.15) is 0 Å². The minimum Gasteiger partial charge on any atom is -0.338 e. The summed E-state index contributed by atoms with van der Waals surface area (Å²) in [5, 5.41) is 5.60. The van der Waals surface area contributed by atoms with E-state index in [0.717, 1.165) is 19.4 Å². The predicted molar refractivity (Wildman–Crippen MR) is 102 cm³/mol. The number of amides is 2. The molecule has 0 unspecified atom stereocenters. The molecule has 0 atom stereocenters. The summed E-state index contributed by atoms with van der Waals surface area (Å²) >= 11 is 0. The van der Waals surface area contributed by atoms with Gasteiger partial charge in [-0.1, -0.05) is 66.7 Å². The van der Waals surface area contributed by atoms with E-state index in [1.807, 2.05) is 11.0 Å². The van der Waals surface area contributed by atoms with E-state index < -0.39 is 0 Å². The summed E-state index contributed by atoms with van der Waals surface area (Å²) in [6, 6.07) is 23.2. The van der Waals surface area contributed by atoms with Crippen LogP contribution in [0.25, 0.3) is 10.8 Å². The number of hydrogen-bond acceptors (Lipinski definition) is 1. The van der Waals surface area contributed by atoms with E-state index in [2.05, 4.69) is 66.0 Å². The second-order valence-corrected chi connectivity index (χ2v) is 6.56. The summed E-state index contributed by atoms with van der Waals surface area (Å²) in [6.45, 7) is 2.15. The van der Waals surface area contributed by atoms with E-state index in [-0.39, 0.29) is 6.03 Å². The van der Waals surface area contributed by atoms with Crippen LogP contribution in [0.3, 0.4) is 0 Å². The molecule has 0 saturated carbocycles. The topological polar surface area (TPSA) is 32.3 Å². The molecule has 4 rings (SSSR count). The molecule has 0 saturated heterocycles. The van der Waals surface area contributed by atoms with Crippen LogP contribution < -0.4 is 5.32 Å². The van der Waals surface area contributed by atoms with Gasteiger partial charge in [0.05, 0.1) is 0 Å². The maximum Gasteiger partial charge on any atom is 0.317 e. The molecule has 3 nitrogen and oxygen atoms in total. The van der Waals surface area contributed by atoms with Crippen molar-refractivity contribution >= 4 is 16.8 Å². The average Bonchev–Trinajstić information content (AvgIpc) is 2.67. The first-order valence-corrected chi connectivity index (χ1v) is 8.87. The summed E-state index contributed by atoms with van der Waals surface area (Å²) in [5.41, 5.74) is 3.91. The van der Waals surface area contributed by atoms with Gasteiger partial charge in [0.15, 0.2) is 0 Å². The zero-order valence-corrected chi connectivity index (χ0v) is 14.2. The molecule has 0 fully saturated rings. The number of carbonyl (C=O) groups is 1. The van der Waals surface area contributed by atoms with Crippen LogP contribution in [0.2, 0.25) is 0 Å². The number of carbonyl (C=O) groups excluding carboxylic acids is 1. The summed E-state index contributed by atoms with van der Waals surface area (Å²) in [7, 11) is 0. The molecule has 0 radical (unpaired) electrons. The van der Waals surface area contributed by atoms with Crippen molar-refractivity contribution in [3.8, 4) is 0 Å². The summed E-state index contributed by atoms with van der Waals surface area (Å²) < 4.78 is 0. The maximum absolute atomic E-state index is 12.5. The highest BCUT2D eigenvalue weighted by Crippen LogP contribution is 2.20. The summed E-state index contributed by atoms with van der Waals surface area (Å²) in [6.07, 6.45) is 1.78. The fourth-order valence-electron chi connectivity index (χ4n) is 3.60. The first kappa shape index (κ1) is 15.7. The minimum atomic E-state index is 0.0368. The van der Waals surface area contributed by atoms with Crippen molar-refractivity contribution in [1.29, 1.82) is 0 Å². The normalized spacial score (nSPS) is 13.5. The molecular formula is C22H22N2O. The Morgan fingerprint density at radius 2 is 1.68 bits per heavy atom. The zero-order valence-electron chi connectivity index (χ0n) is 14.2. The Kier molecular flexibility index (Phi) is 4.38. The van der Waals surface area contributed by atoms with Gasteiger partial charge in [-0.05, 0) is 40.3 Å². The van der Waals surface area contributed by atoms with Crippen LogP contribution in [-0.2, 0) is 19.4 Å². The van der Waals surface area contributed by atoms with E-state index in [1.54, 1.807) is 0 Å². The zero-order chi connectivity index (χ0) is 17.1. The molecular weight excluding hydrogens is 308 g/mol. The van der Waals surface area contributed by atoms with Gasteiger partial charge < -0.3 is 10.2 Å². The molecule has 0 bridgehead atoms. The van der Waals surface area contributed by atoms with Crippen LogP contribution in [0.5, 0.6) is 0 Å². The lowest BCUT2D eigenvalue weighted by Gasteiger charge is -2.29. The van der Waals surface area contributed by atoms with E-state index in [4.69, 9.17) is 0 Å². The van der Waals surface area contributed by atoms with Gasteiger partial charge in [0.1, 0.15) is 0 Å². The number of nitrogens with zero attached hydrogens (tertiary/aromatic N) is 1. The predicted octanol–water partition coefficient (Wildman–Crippen LogP) is 4.15. The third kappa shape index (κ3) is 3.36. The van der Waals surface area contributed by atoms with E-state index >= 15 is 0 Å². The largest absolute Gasteiger partial charge is 0.338 e. The highest BCUT2D eigenvalue weighted by Gasteiger charge is 2.19. The monoisotopic (exact) mass is 330 g/mol. The molecule has 0 aliphatic carbocycles. The van der Waals surface area contributed by atoms with E-state index in [1.165, 1.54) is 27.5 Å². The SMILES string of the molecule is O=C(NCCc1cccc2ccccc12)N1CCc2ccccc2C1. The summed E-state index contributed by atoms with van der Waals surface area (Å²) in [4.78, 5) is 14.4. The van der Waals surface area contributed by atoms with Crippen LogP contribution in [0.1, 0.15) is 16.7 Å². The van der Waals surface area contributed by atoms with Crippen LogP contribution in [0, 0.1) is 0 Å². The van der Waals surface area contributed by atoms with Gasteiger partial charge in [-0.3, -0.25) is 0 Å². The third-order valence-electron chi connectivity index (χ3n) is 4.97. The van der Waals surface area contributed by atoms with Crippen molar-refractivity contribution < 1.29 is 4.79 Å². The number of hydrogen-bond donors (Lipinski definition) is 1. The van der Waals surface area contributed by atoms with Crippen LogP contribution >= 0.6 is 0 Å². The molecule has 3 aromatic carbocycles. The molecule has 126 valence electrons. The Morgan fingerprint density at radius 3 is 2.60 bits per heavy atom. The quantitative estimate of drug-likeness (QED) is 0.769. The molecule has 1 aliphatic rings. The standard InChI is InChI=1S/C22H22N2O/c25-22(24-15-13-17-6-1-2-8-20(17)16-24)23-14-12-19-10-5-9-18-7-3-4-11-21(18)19/h1-11H,12-16H2,(H,23,25). The van der Waals surface area contributed by atoms with Crippen LogP contribution in [0.4, 0.5) is 4.79 Å². The van der Waals surface area contributed by atoms with Gasteiger partial charge in [0, 0.05) is 19.6 Å². The second-order valence-electron chi connectivity index (χ2n) is 6.56. The minimum absolute atomic E-state index is 0.0368. The molecule has 3 aromatic rings. The first-order chi connectivity index (χ1) is 12.3. The molecule has 1 heterocycles. The van der Waals surface area contributed by atoms with Crippen LogP contribution in [0.15, 0.2) is 66.7 Å². The van der Waals surface area contributed by atoms with Gasteiger partial charge in [0.25, 0.3) is 0 Å². The fourth-order valence-corrected chi connectivity index (χ4v) is 3.60. The van der Waals surface area contributed by atoms with Crippen molar-refractivity contribution in [2.45, 2.75) is 19.4 Å². The van der Waals surface area contributed by atoms with Gasteiger partial charge in [-0.15, -0.1) is 0 Å². The number of fused-ring (bicyclic) bond motifs is 2. The Hall–Kier alpha value is -2.81. The lowest BCUT2D eigenvalue weighted by atomic mass is 10.0. The van der Waals surface area contributed by atoms with E-state index in [0.29, 0.717) is 13.1 Å². The summed E-state index contributed by atoms with van der Waals surface area (Å²) in [5.74, 6) is 0. The Balaban J connectivity index is 1.36. The molecule has 3 heteroatoms. The first-order valence-electron chi connectivity index (χ1n) is 8.87. The van der Waals surface area contributed by atoms with Crippen molar-refractivity contribution in [1.82, 2.24) is 10.2 Å². The molecule has 2 amide bonds. The average molecular weight is 330 g/mol. The van der Waals surface area contributed by atoms with Gasteiger partial charge in [-0.25, -0.2) is 4.79 Å². The van der Waals surface area contributed by atoms with Gasteiger partial charge >= 0.3 is 6.03 Å². The van der Waals surface area contributed by atoms with Crippen LogP contribution in [-0.4, -0.2) is 24.0 Å². The highest BCUT2D eigenvalue weighted by atomic mass is 16.2. The van der Waals surface area contributed by atoms with Gasteiger partial charge in [0.2, 0.25) is 0 Å². The number of benzene rings is 3. The number of nitrogens with one attached hydrogen (secondary N) is 1. The lowest BCUT2D eigenvalue weighted by molar-refractivity contribution is 0.192. The Bertz CT molecular complexity index is 898. The highest BCUT2D eigenvalue weighted by molar-refractivity contribution is 5.85. The lowest BCUT2D eigenvalue weighted by Crippen LogP contribution is -2.43. The molecule has 25 heavy (non-hydrogen) atoms. The Labute approximate surface area is 148 Å². The second kappa shape index (κ2) is 6.98. The van der Waals surface area contributed by atoms with Crippen molar-refractivity contribution in [3.05, 3.63) is 83.4 Å². The number of rotatable bonds is 3. The third-order valence-corrected chi connectivity index (χ3v) is 4.97. The van der Waals surface area contributed by atoms with E-state index in [9.17, 15) is 4.79 Å². The molecule has 1 N–H and O–H groups in total. The molecule has 0 spiro atoms. The molecule has 0 aromatic heterocycles. The fraction of sp³-hybridized carbons (Fsp3) is 0.227.